The third-order valence-corrected chi connectivity index (χ3v) is 3.90. The van der Waals surface area contributed by atoms with Crippen LogP contribution < -0.4 is 5.32 Å². The van der Waals surface area contributed by atoms with E-state index in [1.165, 1.54) is 0 Å². The molecule has 0 saturated heterocycles. The topological polar surface area (TPSA) is 63.2 Å². The largest absolute Gasteiger partial charge is 0.466 e. The van der Waals surface area contributed by atoms with Crippen molar-refractivity contribution in [1.82, 2.24) is 15.1 Å². The molecule has 6 heteroatoms. The molecule has 0 saturated carbocycles. The molecule has 0 aliphatic rings. The standard InChI is InChI=1S/C14H20BrN3O2/c1-9-5-11(10(2)20-9)14(3,19)8-16-6-13-12(15)7-18(4)17-13/h5,7,16,19H,6,8H2,1-4H3. The van der Waals surface area contributed by atoms with E-state index in [0.717, 1.165) is 27.3 Å². The van der Waals surface area contributed by atoms with Crippen LogP contribution in [-0.4, -0.2) is 21.4 Å². The number of hydrogen-bond donors (Lipinski definition) is 2. The highest BCUT2D eigenvalue weighted by Gasteiger charge is 2.27. The van der Waals surface area contributed by atoms with Gasteiger partial charge in [-0.1, -0.05) is 0 Å². The molecule has 110 valence electrons. The molecule has 2 aromatic heterocycles. The Kier molecular flexibility index (Phi) is 4.36. The van der Waals surface area contributed by atoms with E-state index in [9.17, 15) is 5.11 Å². The average Bonchev–Trinajstić information content (AvgIpc) is 2.82. The Bertz CT molecular complexity index is 602. The lowest BCUT2D eigenvalue weighted by atomic mass is 9.96. The zero-order valence-corrected chi connectivity index (χ0v) is 13.8. The van der Waals surface area contributed by atoms with Crippen LogP contribution in [0.4, 0.5) is 0 Å². The van der Waals surface area contributed by atoms with Crippen molar-refractivity contribution < 1.29 is 9.52 Å². The predicted octanol–water partition coefficient (Wildman–Crippen LogP) is 2.39. The van der Waals surface area contributed by atoms with Gasteiger partial charge in [0.2, 0.25) is 0 Å². The Morgan fingerprint density at radius 3 is 2.70 bits per heavy atom. The molecule has 1 unspecified atom stereocenters. The van der Waals surface area contributed by atoms with Crippen LogP contribution >= 0.6 is 15.9 Å². The molecule has 0 bridgehead atoms. The van der Waals surface area contributed by atoms with Gasteiger partial charge >= 0.3 is 0 Å². The molecular weight excluding hydrogens is 322 g/mol. The lowest BCUT2D eigenvalue weighted by molar-refractivity contribution is 0.0551. The number of rotatable bonds is 5. The Morgan fingerprint density at radius 2 is 2.20 bits per heavy atom. The van der Waals surface area contributed by atoms with Crippen molar-refractivity contribution in [1.29, 1.82) is 0 Å². The van der Waals surface area contributed by atoms with Crippen molar-refractivity contribution in [3.05, 3.63) is 39.5 Å². The van der Waals surface area contributed by atoms with Gasteiger partial charge in [-0.05, 0) is 42.8 Å². The number of aryl methyl sites for hydroxylation is 3. The van der Waals surface area contributed by atoms with Crippen LogP contribution in [0.1, 0.15) is 29.7 Å². The Morgan fingerprint density at radius 1 is 1.50 bits per heavy atom. The first-order valence-electron chi connectivity index (χ1n) is 6.48. The molecule has 0 radical (unpaired) electrons. The second-order valence-corrected chi connectivity index (χ2v) is 6.16. The lowest BCUT2D eigenvalue weighted by Crippen LogP contribution is -2.35. The van der Waals surface area contributed by atoms with Crippen molar-refractivity contribution >= 4 is 15.9 Å². The number of aromatic nitrogens is 2. The molecule has 1 atom stereocenters. The quantitative estimate of drug-likeness (QED) is 0.876. The van der Waals surface area contributed by atoms with Crippen molar-refractivity contribution in [2.75, 3.05) is 6.54 Å². The number of hydrogen-bond acceptors (Lipinski definition) is 4. The minimum atomic E-state index is -0.969. The first-order valence-corrected chi connectivity index (χ1v) is 7.27. The fourth-order valence-corrected chi connectivity index (χ4v) is 2.83. The fraction of sp³-hybridized carbons (Fsp3) is 0.500. The summed E-state index contributed by atoms with van der Waals surface area (Å²) in [4.78, 5) is 0. The Balaban J connectivity index is 1.99. The summed E-state index contributed by atoms with van der Waals surface area (Å²) in [7, 11) is 1.88. The number of aliphatic hydroxyl groups is 1. The Hall–Kier alpha value is -1.11. The van der Waals surface area contributed by atoms with Gasteiger partial charge in [0.25, 0.3) is 0 Å². The summed E-state index contributed by atoms with van der Waals surface area (Å²) in [6.45, 7) is 6.55. The lowest BCUT2D eigenvalue weighted by Gasteiger charge is -2.23. The molecule has 0 amide bonds. The van der Waals surface area contributed by atoms with Gasteiger partial charge in [-0.3, -0.25) is 4.68 Å². The molecule has 0 spiro atoms. The summed E-state index contributed by atoms with van der Waals surface area (Å²) in [5.41, 5.74) is 0.773. The normalized spacial score (nSPS) is 14.5. The highest BCUT2D eigenvalue weighted by Crippen LogP contribution is 2.26. The average molecular weight is 342 g/mol. The van der Waals surface area contributed by atoms with Crippen LogP contribution in [0.5, 0.6) is 0 Å². The third kappa shape index (κ3) is 3.31. The van der Waals surface area contributed by atoms with Crippen molar-refractivity contribution in [3.8, 4) is 0 Å². The first-order chi connectivity index (χ1) is 9.29. The van der Waals surface area contributed by atoms with Gasteiger partial charge in [0, 0.05) is 31.9 Å². The zero-order chi connectivity index (χ0) is 14.9. The van der Waals surface area contributed by atoms with E-state index >= 15 is 0 Å². The van der Waals surface area contributed by atoms with Crippen molar-refractivity contribution in [2.24, 2.45) is 7.05 Å². The maximum absolute atomic E-state index is 10.6. The molecule has 20 heavy (non-hydrogen) atoms. The minimum absolute atomic E-state index is 0.426. The molecule has 2 rings (SSSR count). The van der Waals surface area contributed by atoms with Gasteiger partial charge < -0.3 is 14.8 Å². The summed E-state index contributed by atoms with van der Waals surface area (Å²) in [5.74, 6) is 1.57. The molecular formula is C14H20BrN3O2. The van der Waals surface area contributed by atoms with E-state index in [1.54, 1.807) is 11.6 Å². The monoisotopic (exact) mass is 341 g/mol. The molecule has 0 aromatic carbocycles. The van der Waals surface area contributed by atoms with Crippen LogP contribution in [0, 0.1) is 13.8 Å². The summed E-state index contributed by atoms with van der Waals surface area (Å²) < 4.78 is 8.19. The predicted molar refractivity (Wildman–Crippen MR) is 80.4 cm³/mol. The highest BCUT2D eigenvalue weighted by atomic mass is 79.9. The molecule has 0 aliphatic heterocycles. The minimum Gasteiger partial charge on any atom is -0.466 e. The van der Waals surface area contributed by atoms with Gasteiger partial charge in [-0.2, -0.15) is 5.10 Å². The number of furan rings is 1. The van der Waals surface area contributed by atoms with Crippen LogP contribution in [0.3, 0.4) is 0 Å². The summed E-state index contributed by atoms with van der Waals surface area (Å²) in [6.07, 6.45) is 1.90. The zero-order valence-electron chi connectivity index (χ0n) is 12.2. The summed E-state index contributed by atoms with van der Waals surface area (Å²) in [6, 6.07) is 1.88. The molecule has 0 fully saturated rings. The van der Waals surface area contributed by atoms with Crippen LogP contribution in [0.25, 0.3) is 0 Å². The van der Waals surface area contributed by atoms with Crippen molar-refractivity contribution in [2.45, 2.75) is 32.9 Å². The van der Waals surface area contributed by atoms with Crippen molar-refractivity contribution in [3.63, 3.8) is 0 Å². The molecule has 2 N–H and O–H groups in total. The number of halogens is 1. The van der Waals surface area contributed by atoms with Gasteiger partial charge in [0.05, 0.1) is 10.2 Å². The van der Waals surface area contributed by atoms with Crippen LogP contribution in [0.15, 0.2) is 21.2 Å². The van der Waals surface area contributed by atoms with Gasteiger partial charge in [0.1, 0.15) is 17.1 Å². The second kappa shape index (κ2) is 5.71. The summed E-state index contributed by atoms with van der Waals surface area (Å²) in [5, 5.41) is 18.1. The van der Waals surface area contributed by atoms with E-state index in [4.69, 9.17) is 4.42 Å². The van der Waals surface area contributed by atoms with Crippen LogP contribution in [-0.2, 0) is 19.2 Å². The smallest absolute Gasteiger partial charge is 0.107 e. The van der Waals surface area contributed by atoms with Crippen LogP contribution in [0.2, 0.25) is 0 Å². The van der Waals surface area contributed by atoms with E-state index in [2.05, 4.69) is 26.3 Å². The third-order valence-electron chi connectivity index (χ3n) is 3.24. The molecule has 5 nitrogen and oxygen atoms in total. The van der Waals surface area contributed by atoms with Gasteiger partial charge in [-0.25, -0.2) is 0 Å². The number of nitrogens with one attached hydrogen (secondary N) is 1. The maximum atomic E-state index is 10.6. The molecule has 2 heterocycles. The second-order valence-electron chi connectivity index (χ2n) is 5.30. The van der Waals surface area contributed by atoms with E-state index in [-0.39, 0.29) is 0 Å². The van der Waals surface area contributed by atoms with E-state index in [0.29, 0.717) is 13.1 Å². The molecule has 2 aromatic rings. The van der Waals surface area contributed by atoms with E-state index in [1.807, 2.05) is 33.2 Å². The summed E-state index contributed by atoms with van der Waals surface area (Å²) >= 11 is 3.46. The Labute approximate surface area is 127 Å². The number of nitrogens with zero attached hydrogens (tertiary/aromatic N) is 2. The fourth-order valence-electron chi connectivity index (χ4n) is 2.31. The maximum Gasteiger partial charge on any atom is 0.107 e. The van der Waals surface area contributed by atoms with Gasteiger partial charge in [-0.15, -0.1) is 0 Å². The molecule has 0 aliphatic carbocycles. The highest BCUT2D eigenvalue weighted by molar-refractivity contribution is 9.10. The van der Waals surface area contributed by atoms with E-state index < -0.39 is 5.60 Å². The SMILES string of the molecule is Cc1cc(C(C)(O)CNCc2nn(C)cc2Br)c(C)o1. The van der Waals surface area contributed by atoms with Gasteiger partial charge in [0.15, 0.2) is 0 Å². The first kappa shape index (κ1) is 15.3.